The van der Waals surface area contributed by atoms with E-state index in [9.17, 15) is 0 Å². The second-order valence-corrected chi connectivity index (χ2v) is 5.41. The molecule has 2 aromatic rings. The van der Waals surface area contributed by atoms with Gasteiger partial charge in [-0.25, -0.2) is 4.98 Å². The van der Waals surface area contributed by atoms with Crippen LogP contribution in [0.1, 0.15) is 29.1 Å². The standard InChI is InChI=1S/C10H11N3S2/c1-6-12-13-9(14)7-4-2-3-5-8(7)11-10(13)15-6/h2-5H2,1H3. The van der Waals surface area contributed by atoms with Crippen LogP contribution in [0.3, 0.4) is 0 Å². The molecule has 2 aromatic heterocycles. The molecule has 0 unspecified atom stereocenters. The monoisotopic (exact) mass is 237 g/mol. The Hall–Kier alpha value is -0.810. The molecule has 0 amide bonds. The molecule has 0 radical (unpaired) electrons. The van der Waals surface area contributed by atoms with Crippen molar-refractivity contribution in [1.82, 2.24) is 14.6 Å². The predicted octanol–water partition coefficient (Wildman–Crippen LogP) is 2.71. The third kappa shape index (κ3) is 1.41. The molecule has 78 valence electrons. The van der Waals surface area contributed by atoms with E-state index in [0.29, 0.717) is 0 Å². The summed E-state index contributed by atoms with van der Waals surface area (Å²) in [4.78, 5) is 5.59. The van der Waals surface area contributed by atoms with Gasteiger partial charge < -0.3 is 0 Å². The highest BCUT2D eigenvalue weighted by Gasteiger charge is 2.15. The van der Waals surface area contributed by atoms with Gasteiger partial charge in [0.1, 0.15) is 9.65 Å². The van der Waals surface area contributed by atoms with Gasteiger partial charge in [0.15, 0.2) is 0 Å². The number of aromatic nitrogens is 3. The quantitative estimate of drug-likeness (QED) is 0.660. The fourth-order valence-corrected chi connectivity index (χ4v) is 3.23. The topological polar surface area (TPSA) is 30.2 Å². The fraction of sp³-hybridized carbons (Fsp3) is 0.500. The largest absolute Gasteiger partial charge is 0.224 e. The lowest BCUT2D eigenvalue weighted by Crippen LogP contribution is -2.09. The normalized spacial score (nSPS) is 15.5. The van der Waals surface area contributed by atoms with Crippen LogP contribution in [-0.4, -0.2) is 14.6 Å². The molecular formula is C10H11N3S2. The van der Waals surface area contributed by atoms with Gasteiger partial charge in [-0.05, 0) is 32.6 Å². The van der Waals surface area contributed by atoms with Gasteiger partial charge in [0.05, 0.1) is 0 Å². The highest BCUT2D eigenvalue weighted by molar-refractivity contribution is 7.71. The number of nitrogens with zero attached hydrogens (tertiary/aromatic N) is 3. The van der Waals surface area contributed by atoms with Crippen molar-refractivity contribution >= 4 is 28.5 Å². The molecule has 5 heteroatoms. The first kappa shape index (κ1) is 9.42. The van der Waals surface area contributed by atoms with E-state index in [0.717, 1.165) is 27.5 Å². The van der Waals surface area contributed by atoms with Gasteiger partial charge in [0.2, 0.25) is 4.96 Å². The minimum absolute atomic E-state index is 0.874. The molecule has 0 aliphatic heterocycles. The Balaban J connectivity index is 2.40. The fourth-order valence-electron chi connectivity index (χ4n) is 2.07. The van der Waals surface area contributed by atoms with Crippen molar-refractivity contribution in [2.45, 2.75) is 32.6 Å². The molecular weight excluding hydrogens is 226 g/mol. The molecule has 0 fully saturated rings. The minimum Gasteiger partial charge on any atom is -0.224 e. The van der Waals surface area contributed by atoms with Crippen LogP contribution in [0.15, 0.2) is 0 Å². The Labute approximate surface area is 96.8 Å². The predicted molar refractivity (Wildman–Crippen MR) is 63.1 cm³/mol. The van der Waals surface area contributed by atoms with Gasteiger partial charge in [-0.1, -0.05) is 23.6 Å². The Morgan fingerprint density at radius 2 is 2.13 bits per heavy atom. The number of rotatable bonds is 0. The van der Waals surface area contributed by atoms with E-state index >= 15 is 0 Å². The van der Waals surface area contributed by atoms with E-state index in [1.54, 1.807) is 11.3 Å². The number of fused-ring (bicyclic) bond motifs is 2. The van der Waals surface area contributed by atoms with Crippen LogP contribution in [0.4, 0.5) is 0 Å². The Morgan fingerprint density at radius 1 is 1.33 bits per heavy atom. The second kappa shape index (κ2) is 3.35. The lowest BCUT2D eigenvalue weighted by molar-refractivity contribution is 0.656. The van der Waals surface area contributed by atoms with Gasteiger partial charge >= 0.3 is 0 Å². The number of aryl methyl sites for hydroxylation is 2. The molecule has 0 saturated heterocycles. The maximum Gasteiger partial charge on any atom is 0.213 e. The van der Waals surface area contributed by atoms with Crippen molar-refractivity contribution < 1.29 is 0 Å². The average Bonchev–Trinajstić information content (AvgIpc) is 2.59. The zero-order valence-corrected chi connectivity index (χ0v) is 10.1. The molecule has 2 heterocycles. The molecule has 0 atom stereocenters. The maximum atomic E-state index is 5.46. The van der Waals surface area contributed by atoms with Crippen LogP contribution >= 0.6 is 23.6 Å². The zero-order valence-electron chi connectivity index (χ0n) is 8.49. The van der Waals surface area contributed by atoms with Crippen LogP contribution < -0.4 is 0 Å². The first-order chi connectivity index (χ1) is 7.25. The molecule has 1 aliphatic carbocycles. The number of hydrogen-bond acceptors (Lipinski definition) is 4. The highest BCUT2D eigenvalue weighted by Crippen LogP contribution is 2.23. The van der Waals surface area contributed by atoms with Crippen molar-refractivity contribution in [2.75, 3.05) is 0 Å². The summed E-state index contributed by atoms with van der Waals surface area (Å²) in [6.45, 7) is 1.99. The Kier molecular flexibility index (Phi) is 2.10. The Morgan fingerprint density at radius 3 is 3.00 bits per heavy atom. The van der Waals surface area contributed by atoms with Crippen LogP contribution in [-0.2, 0) is 12.8 Å². The van der Waals surface area contributed by atoms with Crippen molar-refractivity contribution in [3.63, 3.8) is 0 Å². The van der Waals surface area contributed by atoms with Crippen molar-refractivity contribution in [1.29, 1.82) is 0 Å². The third-order valence-electron chi connectivity index (χ3n) is 2.78. The third-order valence-corrected chi connectivity index (χ3v) is 4.02. The van der Waals surface area contributed by atoms with Crippen LogP contribution in [0.5, 0.6) is 0 Å². The SMILES string of the molecule is Cc1nn2c(=S)c3c(nc2s1)CCCC3. The van der Waals surface area contributed by atoms with Crippen LogP contribution in [0.25, 0.3) is 4.96 Å². The molecule has 0 saturated carbocycles. The summed E-state index contributed by atoms with van der Waals surface area (Å²) in [6, 6.07) is 0. The minimum atomic E-state index is 0.874. The van der Waals surface area contributed by atoms with E-state index < -0.39 is 0 Å². The lowest BCUT2D eigenvalue weighted by atomic mass is 9.98. The number of hydrogen-bond donors (Lipinski definition) is 0. The van der Waals surface area contributed by atoms with Crippen molar-refractivity contribution in [3.05, 3.63) is 20.9 Å². The summed E-state index contributed by atoms with van der Waals surface area (Å²) in [5.74, 6) is 0. The molecule has 0 N–H and O–H groups in total. The zero-order chi connectivity index (χ0) is 10.4. The molecule has 1 aliphatic rings. The van der Waals surface area contributed by atoms with Crippen molar-refractivity contribution in [2.24, 2.45) is 0 Å². The summed E-state index contributed by atoms with van der Waals surface area (Å²) in [5.41, 5.74) is 2.45. The summed E-state index contributed by atoms with van der Waals surface area (Å²) >= 11 is 7.07. The average molecular weight is 237 g/mol. The van der Waals surface area contributed by atoms with E-state index in [1.807, 2.05) is 11.4 Å². The summed E-state index contributed by atoms with van der Waals surface area (Å²) in [7, 11) is 0. The maximum absolute atomic E-state index is 5.46. The highest BCUT2D eigenvalue weighted by atomic mass is 32.1. The van der Waals surface area contributed by atoms with E-state index in [2.05, 4.69) is 10.1 Å². The summed E-state index contributed by atoms with van der Waals surface area (Å²) in [6.07, 6.45) is 4.61. The van der Waals surface area contributed by atoms with Gasteiger partial charge in [0.25, 0.3) is 0 Å². The van der Waals surface area contributed by atoms with Gasteiger partial charge in [-0.3, -0.25) is 0 Å². The molecule has 15 heavy (non-hydrogen) atoms. The first-order valence-electron chi connectivity index (χ1n) is 5.14. The van der Waals surface area contributed by atoms with Gasteiger partial charge in [-0.2, -0.15) is 9.61 Å². The first-order valence-corrected chi connectivity index (χ1v) is 6.36. The van der Waals surface area contributed by atoms with Gasteiger partial charge in [0, 0.05) is 11.3 Å². The van der Waals surface area contributed by atoms with Crippen LogP contribution in [0.2, 0.25) is 0 Å². The summed E-state index contributed by atoms with van der Waals surface area (Å²) in [5, 5.41) is 5.41. The molecule has 3 rings (SSSR count). The Bertz CT molecular complexity index is 582. The van der Waals surface area contributed by atoms with E-state index in [-0.39, 0.29) is 0 Å². The molecule has 0 spiro atoms. The van der Waals surface area contributed by atoms with Crippen molar-refractivity contribution in [3.8, 4) is 0 Å². The smallest absolute Gasteiger partial charge is 0.213 e. The van der Waals surface area contributed by atoms with E-state index in [4.69, 9.17) is 12.2 Å². The lowest BCUT2D eigenvalue weighted by Gasteiger charge is -2.13. The molecule has 0 aromatic carbocycles. The second-order valence-electron chi connectivity index (χ2n) is 3.86. The van der Waals surface area contributed by atoms with E-state index in [1.165, 1.54) is 24.1 Å². The van der Waals surface area contributed by atoms with Gasteiger partial charge in [-0.15, -0.1) is 0 Å². The van der Waals surface area contributed by atoms with Crippen LogP contribution in [0, 0.1) is 11.6 Å². The summed E-state index contributed by atoms with van der Waals surface area (Å²) < 4.78 is 2.69. The molecule has 3 nitrogen and oxygen atoms in total. The molecule has 0 bridgehead atoms.